The van der Waals surface area contributed by atoms with Crippen molar-refractivity contribution in [2.45, 2.75) is 38.8 Å². The minimum Gasteiger partial charge on any atom is -0.496 e. The monoisotopic (exact) mass is 512 g/mol. The van der Waals surface area contributed by atoms with Crippen molar-refractivity contribution >= 4 is 22.6 Å². The number of carbonyl (C=O) groups is 1. The van der Waals surface area contributed by atoms with Gasteiger partial charge in [-0.2, -0.15) is 0 Å². The lowest BCUT2D eigenvalue weighted by molar-refractivity contribution is 0.0246. The number of H-pyrrole nitrogens is 1. The van der Waals surface area contributed by atoms with Crippen molar-refractivity contribution < 1.29 is 23.4 Å². The molecule has 9 heteroatoms. The Morgan fingerprint density at radius 3 is 2.76 bits per heavy atom. The van der Waals surface area contributed by atoms with Crippen LogP contribution in [0.2, 0.25) is 0 Å². The Kier molecular flexibility index (Phi) is 7.35. The minimum absolute atomic E-state index is 0.183. The summed E-state index contributed by atoms with van der Waals surface area (Å²) < 4.78 is 32.4. The first-order valence-electron chi connectivity index (χ1n) is 12.8. The molecule has 1 saturated heterocycles. The summed E-state index contributed by atoms with van der Waals surface area (Å²) >= 11 is 0. The van der Waals surface area contributed by atoms with Gasteiger partial charge in [0, 0.05) is 67.1 Å². The lowest BCUT2D eigenvalue weighted by Crippen LogP contribution is -2.49. The standard InChI is InChI=1S/C28H34F2N4O3/c1-17-11-25(37-2)22(20-7-8-31-27(17)20)14-34-10-9-33(16-26(29)30)15-24(34)19-5-6-21(28(35)36)23(12-19)32-13-18-3-4-18/h5-8,11-12,18,24,26,31-32H,3-4,9-10,13-16H2,1-2H3,(H,35,36)/t24-/m1/s1. The third-order valence-corrected chi connectivity index (χ3v) is 7.60. The van der Waals surface area contributed by atoms with Gasteiger partial charge in [-0.05, 0) is 61.1 Å². The van der Waals surface area contributed by atoms with E-state index in [4.69, 9.17) is 4.74 Å². The molecule has 0 amide bonds. The predicted molar refractivity (Wildman–Crippen MR) is 140 cm³/mol. The number of halogens is 2. The fraction of sp³-hybridized carbons (Fsp3) is 0.464. The average Bonchev–Trinajstić information content (AvgIpc) is 3.57. The van der Waals surface area contributed by atoms with E-state index in [1.807, 2.05) is 37.4 Å². The molecule has 2 heterocycles. The third kappa shape index (κ3) is 5.57. The molecule has 0 bridgehead atoms. The molecule has 0 spiro atoms. The quantitative estimate of drug-likeness (QED) is 0.350. The van der Waals surface area contributed by atoms with Crippen LogP contribution in [0.25, 0.3) is 10.9 Å². The van der Waals surface area contributed by atoms with E-state index in [2.05, 4.69) is 15.2 Å². The van der Waals surface area contributed by atoms with Gasteiger partial charge in [-0.1, -0.05) is 6.07 Å². The van der Waals surface area contributed by atoms with Gasteiger partial charge >= 0.3 is 5.97 Å². The molecule has 7 nitrogen and oxygen atoms in total. The topological polar surface area (TPSA) is 80.8 Å². The number of hydrogen-bond donors (Lipinski definition) is 3. The highest BCUT2D eigenvalue weighted by Gasteiger charge is 2.32. The van der Waals surface area contributed by atoms with Crippen LogP contribution in [0.5, 0.6) is 5.75 Å². The Labute approximate surface area is 215 Å². The second-order valence-corrected chi connectivity index (χ2v) is 10.2. The number of aromatic amines is 1. The maximum atomic E-state index is 13.3. The number of carboxylic acids is 1. The largest absolute Gasteiger partial charge is 0.496 e. The summed E-state index contributed by atoms with van der Waals surface area (Å²) in [6.45, 7) is 4.65. The average molecular weight is 513 g/mol. The summed E-state index contributed by atoms with van der Waals surface area (Å²) in [7, 11) is 1.66. The molecule has 1 aromatic heterocycles. The fourth-order valence-electron chi connectivity index (χ4n) is 5.41. The molecule has 3 N–H and O–H groups in total. The van der Waals surface area contributed by atoms with Gasteiger partial charge in [0.15, 0.2) is 0 Å². The molecule has 1 aliphatic heterocycles. The van der Waals surface area contributed by atoms with E-state index >= 15 is 0 Å². The minimum atomic E-state index is -2.41. The summed E-state index contributed by atoms with van der Waals surface area (Å²) in [6.07, 6.45) is 1.82. The van der Waals surface area contributed by atoms with Crippen LogP contribution in [0.3, 0.4) is 0 Å². The van der Waals surface area contributed by atoms with Gasteiger partial charge in [-0.15, -0.1) is 0 Å². The number of rotatable bonds is 10. The van der Waals surface area contributed by atoms with E-state index in [0.717, 1.165) is 52.7 Å². The van der Waals surface area contributed by atoms with Gasteiger partial charge in [0.1, 0.15) is 5.75 Å². The van der Waals surface area contributed by atoms with Gasteiger partial charge in [-0.25, -0.2) is 13.6 Å². The first kappa shape index (κ1) is 25.5. The van der Waals surface area contributed by atoms with Crippen LogP contribution in [0.1, 0.15) is 45.9 Å². The van der Waals surface area contributed by atoms with E-state index in [9.17, 15) is 18.7 Å². The van der Waals surface area contributed by atoms with Crippen LogP contribution in [-0.2, 0) is 6.54 Å². The highest BCUT2D eigenvalue weighted by atomic mass is 19.3. The highest BCUT2D eigenvalue weighted by Crippen LogP contribution is 2.36. The first-order chi connectivity index (χ1) is 17.8. The lowest BCUT2D eigenvalue weighted by atomic mass is 9.97. The van der Waals surface area contributed by atoms with E-state index in [-0.39, 0.29) is 18.2 Å². The number of anilines is 1. The van der Waals surface area contributed by atoms with Crippen LogP contribution in [-0.4, -0.2) is 72.1 Å². The van der Waals surface area contributed by atoms with Crippen molar-refractivity contribution in [1.82, 2.24) is 14.8 Å². The van der Waals surface area contributed by atoms with Crippen LogP contribution in [0, 0.1) is 12.8 Å². The zero-order valence-electron chi connectivity index (χ0n) is 21.3. The Bertz CT molecular complexity index is 1270. The lowest BCUT2D eigenvalue weighted by Gasteiger charge is -2.42. The molecular weight excluding hydrogens is 478 g/mol. The van der Waals surface area contributed by atoms with Crippen molar-refractivity contribution in [3.05, 3.63) is 58.8 Å². The third-order valence-electron chi connectivity index (χ3n) is 7.60. The van der Waals surface area contributed by atoms with Crippen LogP contribution >= 0.6 is 0 Å². The number of carboxylic acid groups (broad SMARTS) is 1. The van der Waals surface area contributed by atoms with Gasteiger partial charge in [0.05, 0.1) is 19.2 Å². The number of ether oxygens (including phenoxy) is 1. The summed E-state index contributed by atoms with van der Waals surface area (Å²) in [6, 6.07) is 9.24. The van der Waals surface area contributed by atoms with Crippen LogP contribution < -0.4 is 10.1 Å². The molecule has 3 aromatic rings. The number of aryl methyl sites for hydroxylation is 1. The molecular formula is C28H34F2N4O3. The van der Waals surface area contributed by atoms with Gasteiger partial charge in [-0.3, -0.25) is 9.80 Å². The van der Waals surface area contributed by atoms with Crippen molar-refractivity contribution in [1.29, 1.82) is 0 Å². The molecule has 0 radical (unpaired) electrons. The highest BCUT2D eigenvalue weighted by molar-refractivity contribution is 5.94. The Morgan fingerprint density at radius 1 is 1.24 bits per heavy atom. The molecule has 1 aliphatic carbocycles. The molecule has 37 heavy (non-hydrogen) atoms. The first-order valence-corrected chi connectivity index (χ1v) is 12.8. The van der Waals surface area contributed by atoms with Crippen LogP contribution in [0.4, 0.5) is 14.5 Å². The summed E-state index contributed by atoms with van der Waals surface area (Å²) in [5, 5.41) is 14.2. The maximum Gasteiger partial charge on any atom is 0.337 e. The zero-order chi connectivity index (χ0) is 26.1. The second kappa shape index (κ2) is 10.7. The number of nitrogens with zero attached hydrogens (tertiary/aromatic N) is 2. The number of aromatic nitrogens is 1. The predicted octanol–water partition coefficient (Wildman–Crippen LogP) is 5.13. The van der Waals surface area contributed by atoms with E-state index in [1.54, 1.807) is 18.1 Å². The number of hydrogen-bond acceptors (Lipinski definition) is 5. The second-order valence-electron chi connectivity index (χ2n) is 10.2. The van der Waals surface area contributed by atoms with Crippen molar-refractivity contribution in [3.63, 3.8) is 0 Å². The number of alkyl halides is 2. The Balaban J connectivity index is 1.50. The molecule has 0 unspecified atom stereocenters. The number of methoxy groups -OCH3 is 1. The SMILES string of the molecule is COc1cc(C)c2[nH]ccc2c1CN1CCN(CC(F)F)C[C@@H]1c1ccc(C(=O)O)c(NCC2CC2)c1. The molecule has 2 aromatic carbocycles. The van der Waals surface area contributed by atoms with Crippen molar-refractivity contribution in [3.8, 4) is 5.75 Å². The van der Waals surface area contributed by atoms with E-state index < -0.39 is 12.4 Å². The molecule has 1 atom stereocenters. The number of nitrogens with one attached hydrogen (secondary N) is 2. The van der Waals surface area contributed by atoms with Crippen molar-refractivity contribution in [2.24, 2.45) is 5.92 Å². The Morgan fingerprint density at radius 2 is 2.05 bits per heavy atom. The van der Waals surface area contributed by atoms with Crippen LogP contribution in [0.15, 0.2) is 36.5 Å². The van der Waals surface area contributed by atoms with Gasteiger partial charge in [0.25, 0.3) is 6.43 Å². The maximum absolute atomic E-state index is 13.3. The Hall–Kier alpha value is -3.17. The number of benzene rings is 2. The normalized spacial score (nSPS) is 19.0. The summed E-state index contributed by atoms with van der Waals surface area (Å²) in [4.78, 5) is 19.3. The van der Waals surface area contributed by atoms with Gasteiger partial charge < -0.3 is 20.1 Å². The molecule has 1 saturated carbocycles. The number of fused-ring (bicyclic) bond motifs is 1. The van der Waals surface area contributed by atoms with E-state index in [0.29, 0.717) is 37.8 Å². The zero-order valence-corrected chi connectivity index (χ0v) is 21.3. The molecule has 2 fully saturated rings. The molecule has 2 aliphatic rings. The molecule has 5 rings (SSSR count). The fourth-order valence-corrected chi connectivity index (χ4v) is 5.41. The van der Waals surface area contributed by atoms with Crippen molar-refractivity contribution in [2.75, 3.05) is 45.2 Å². The summed E-state index contributed by atoms with van der Waals surface area (Å²) in [5.74, 6) is 0.395. The number of aromatic carboxylic acids is 1. The smallest absolute Gasteiger partial charge is 0.337 e. The summed E-state index contributed by atoms with van der Waals surface area (Å²) in [5.41, 5.74) is 4.93. The molecule has 198 valence electrons. The number of piperazine rings is 1. The van der Waals surface area contributed by atoms with E-state index in [1.165, 1.54) is 0 Å². The van der Waals surface area contributed by atoms with Gasteiger partial charge in [0.2, 0.25) is 0 Å².